The smallest absolute Gasteiger partial charge is 0.320 e. The van der Waals surface area contributed by atoms with Crippen LogP contribution in [0.3, 0.4) is 0 Å². The summed E-state index contributed by atoms with van der Waals surface area (Å²) >= 11 is 6.00. The first-order valence-corrected chi connectivity index (χ1v) is 6.27. The lowest BCUT2D eigenvalue weighted by Gasteiger charge is -2.11. The predicted octanol–water partition coefficient (Wildman–Crippen LogP) is 3.56. The fourth-order valence-corrected chi connectivity index (χ4v) is 1.91. The summed E-state index contributed by atoms with van der Waals surface area (Å²) in [5.74, 6) is 0.454. The van der Waals surface area contributed by atoms with Gasteiger partial charge in [-0.15, -0.1) is 0 Å². The molecule has 4 nitrogen and oxygen atoms in total. The van der Waals surface area contributed by atoms with Gasteiger partial charge in [-0.25, -0.2) is 4.98 Å². The number of rotatable bonds is 5. The van der Waals surface area contributed by atoms with Gasteiger partial charge in [-0.2, -0.15) is 8.78 Å². The summed E-state index contributed by atoms with van der Waals surface area (Å²) in [7, 11) is 0. The number of hydrogen-bond donors (Lipinski definition) is 1. The molecule has 0 aliphatic carbocycles. The van der Waals surface area contributed by atoms with Gasteiger partial charge >= 0.3 is 6.55 Å². The molecule has 0 bridgehead atoms. The molecule has 20 heavy (non-hydrogen) atoms. The van der Waals surface area contributed by atoms with Crippen molar-refractivity contribution in [1.29, 1.82) is 0 Å². The molecule has 1 aromatic heterocycles. The van der Waals surface area contributed by atoms with Crippen LogP contribution in [0.1, 0.15) is 31.0 Å². The molecule has 1 heterocycles. The SMILES string of the molecule is CC(O)c1ccc(OCc2nccn2C(F)F)c(Cl)c1. The van der Waals surface area contributed by atoms with E-state index in [1.165, 1.54) is 12.4 Å². The van der Waals surface area contributed by atoms with E-state index in [1.54, 1.807) is 25.1 Å². The maximum absolute atomic E-state index is 12.6. The molecule has 2 rings (SSSR count). The van der Waals surface area contributed by atoms with Gasteiger partial charge in [0.1, 0.15) is 12.4 Å². The Morgan fingerprint density at radius 2 is 2.20 bits per heavy atom. The molecular formula is C13H13ClF2N2O2. The quantitative estimate of drug-likeness (QED) is 0.918. The van der Waals surface area contributed by atoms with Crippen LogP contribution in [0.4, 0.5) is 8.78 Å². The van der Waals surface area contributed by atoms with Gasteiger partial charge in [-0.05, 0) is 24.6 Å². The molecule has 0 saturated carbocycles. The van der Waals surface area contributed by atoms with Gasteiger partial charge in [0.15, 0.2) is 5.82 Å². The minimum atomic E-state index is -2.66. The zero-order chi connectivity index (χ0) is 14.7. The third-order valence-corrected chi connectivity index (χ3v) is 3.05. The van der Waals surface area contributed by atoms with Crippen molar-refractivity contribution in [3.8, 4) is 5.75 Å². The molecule has 1 atom stereocenters. The lowest BCUT2D eigenvalue weighted by molar-refractivity contribution is 0.0632. The summed E-state index contributed by atoms with van der Waals surface area (Å²) in [6, 6.07) is 4.81. The van der Waals surface area contributed by atoms with Gasteiger partial charge in [-0.3, -0.25) is 4.57 Å². The molecule has 0 aliphatic rings. The summed E-state index contributed by atoms with van der Waals surface area (Å²) < 4.78 is 31.3. The van der Waals surface area contributed by atoms with Crippen LogP contribution in [-0.4, -0.2) is 14.7 Å². The first-order valence-electron chi connectivity index (χ1n) is 5.89. The first kappa shape index (κ1) is 14.7. The molecule has 108 valence electrons. The molecule has 1 N–H and O–H groups in total. The average Bonchev–Trinajstić information content (AvgIpc) is 2.85. The van der Waals surface area contributed by atoms with E-state index in [1.807, 2.05) is 0 Å². The number of aromatic nitrogens is 2. The fraction of sp³-hybridized carbons (Fsp3) is 0.308. The van der Waals surface area contributed by atoms with E-state index in [2.05, 4.69) is 4.98 Å². The summed E-state index contributed by atoms with van der Waals surface area (Å²) in [6.45, 7) is -1.17. The summed E-state index contributed by atoms with van der Waals surface area (Å²) in [5, 5.41) is 9.72. The number of alkyl halides is 2. The fourth-order valence-electron chi connectivity index (χ4n) is 1.67. The largest absolute Gasteiger partial charge is 0.484 e. The molecule has 0 aliphatic heterocycles. The number of aliphatic hydroxyl groups is 1. The van der Waals surface area contributed by atoms with E-state index in [0.29, 0.717) is 16.3 Å². The van der Waals surface area contributed by atoms with Crippen LogP contribution in [-0.2, 0) is 6.61 Å². The van der Waals surface area contributed by atoms with Crippen molar-refractivity contribution in [3.63, 3.8) is 0 Å². The highest BCUT2D eigenvalue weighted by atomic mass is 35.5. The Bertz CT molecular complexity index is 588. The van der Waals surface area contributed by atoms with Gasteiger partial charge < -0.3 is 9.84 Å². The number of imidazole rings is 1. The van der Waals surface area contributed by atoms with Crippen LogP contribution in [0, 0.1) is 0 Å². The van der Waals surface area contributed by atoms with Gasteiger partial charge in [0, 0.05) is 12.4 Å². The summed E-state index contributed by atoms with van der Waals surface area (Å²) in [5.41, 5.74) is 0.649. The van der Waals surface area contributed by atoms with Crippen LogP contribution in [0.2, 0.25) is 5.02 Å². The van der Waals surface area contributed by atoms with Crippen molar-refractivity contribution < 1.29 is 18.6 Å². The maximum atomic E-state index is 12.6. The van der Waals surface area contributed by atoms with E-state index in [0.717, 1.165) is 4.57 Å². The predicted molar refractivity (Wildman–Crippen MR) is 69.9 cm³/mol. The third kappa shape index (κ3) is 3.26. The van der Waals surface area contributed by atoms with E-state index in [4.69, 9.17) is 16.3 Å². The molecule has 0 radical (unpaired) electrons. The molecule has 1 unspecified atom stereocenters. The Balaban J connectivity index is 2.09. The molecule has 0 fully saturated rings. The van der Waals surface area contributed by atoms with Crippen molar-refractivity contribution in [2.24, 2.45) is 0 Å². The van der Waals surface area contributed by atoms with Gasteiger partial charge in [0.2, 0.25) is 0 Å². The standard InChI is InChI=1S/C13H13ClF2N2O2/c1-8(19)9-2-3-11(10(14)6-9)20-7-12-17-4-5-18(12)13(15)16/h2-6,8,13,19H,7H2,1H3. The minimum Gasteiger partial charge on any atom is -0.484 e. The Morgan fingerprint density at radius 1 is 1.45 bits per heavy atom. The van der Waals surface area contributed by atoms with Crippen LogP contribution in [0.5, 0.6) is 5.75 Å². The second-order valence-electron chi connectivity index (χ2n) is 4.18. The number of aliphatic hydroxyl groups excluding tert-OH is 1. The van der Waals surface area contributed by atoms with Gasteiger partial charge in [0.05, 0.1) is 11.1 Å². The molecule has 2 aromatic rings. The summed E-state index contributed by atoms with van der Waals surface area (Å²) in [6.07, 6.45) is 1.82. The van der Waals surface area contributed by atoms with Crippen molar-refractivity contribution in [1.82, 2.24) is 9.55 Å². The third-order valence-electron chi connectivity index (χ3n) is 2.75. The second kappa shape index (κ2) is 6.19. The number of halogens is 3. The van der Waals surface area contributed by atoms with Crippen LogP contribution >= 0.6 is 11.6 Å². The van der Waals surface area contributed by atoms with Crippen LogP contribution in [0.25, 0.3) is 0 Å². The molecule has 0 amide bonds. The van der Waals surface area contributed by atoms with E-state index in [-0.39, 0.29) is 12.4 Å². The van der Waals surface area contributed by atoms with Gasteiger partial charge in [-0.1, -0.05) is 17.7 Å². The molecular weight excluding hydrogens is 290 g/mol. The number of ether oxygens (including phenoxy) is 1. The normalized spacial score (nSPS) is 12.7. The lowest BCUT2D eigenvalue weighted by atomic mass is 10.1. The summed E-state index contributed by atoms with van der Waals surface area (Å²) in [4.78, 5) is 3.80. The van der Waals surface area contributed by atoms with E-state index in [9.17, 15) is 13.9 Å². The average molecular weight is 303 g/mol. The highest BCUT2D eigenvalue weighted by Gasteiger charge is 2.13. The Labute approximate surface area is 119 Å². The van der Waals surface area contributed by atoms with Crippen molar-refractivity contribution in [2.75, 3.05) is 0 Å². The first-order chi connectivity index (χ1) is 9.49. The Kier molecular flexibility index (Phi) is 4.57. The topological polar surface area (TPSA) is 47.3 Å². The molecule has 7 heteroatoms. The minimum absolute atomic E-state index is 0.107. The van der Waals surface area contributed by atoms with Crippen molar-refractivity contribution in [2.45, 2.75) is 26.2 Å². The Hall–Kier alpha value is -1.66. The van der Waals surface area contributed by atoms with Gasteiger partial charge in [0.25, 0.3) is 0 Å². The zero-order valence-electron chi connectivity index (χ0n) is 10.6. The Morgan fingerprint density at radius 3 is 2.80 bits per heavy atom. The zero-order valence-corrected chi connectivity index (χ0v) is 11.4. The van der Waals surface area contributed by atoms with Crippen molar-refractivity contribution in [3.05, 3.63) is 47.0 Å². The highest BCUT2D eigenvalue weighted by Crippen LogP contribution is 2.28. The number of hydrogen-bond acceptors (Lipinski definition) is 3. The lowest BCUT2D eigenvalue weighted by Crippen LogP contribution is -2.07. The molecule has 0 saturated heterocycles. The second-order valence-corrected chi connectivity index (χ2v) is 4.59. The highest BCUT2D eigenvalue weighted by molar-refractivity contribution is 6.32. The van der Waals surface area contributed by atoms with Crippen molar-refractivity contribution >= 4 is 11.6 Å². The number of nitrogens with zero attached hydrogens (tertiary/aromatic N) is 2. The maximum Gasteiger partial charge on any atom is 0.320 e. The van der Waals surface area contributed by atoms with E-state index >= 15 is 0 Å². The van der Waals surface area contributed by atoms with Crippen LogP contribution in [0.15, 0.2) is 30.6 Å². The van der Waals surface area contributed by atoms with E-state index < -0.39 is 12.7 Å². The molecule has 0 spiro atoms. The van der Waals surface area contributed by atoms with Crippen LogP contribution < -0.4 is 4.74 Å². The number of benzene rings is 1. The molecule has 1 aromatic carbocycles. The monoisotopic (exact) mass is 302 g/mol.